The van der Waals surface area contributed by atoms with Crippen molar-refractivity contribution in [3.63, 3.8) is 0 Å². The minimum Gasteiger partial charge on any atom is -0.487 e. The molecule has 0 radical (unpaired) electrons. The van der Waals surface area contributed by atoms with Gasteiger partial charge in [-0.1, -0.05) is 81.7 Å². The third-order valence-corrected chi connectivity index (χ3v) is 7.20. The Morgan fingerprint density at radius 1 is 0.568 bits per heavy atom. The zero-order chi connectivity index (χ0) is 32.3. The maximum atomic E-state index is 11.7. The summed E-state index contributed by atoms with van der Waals surface area (Å²) < 4.78 is 31.4. The molecule has 16 heteroatoms. The summed E-state index contributed by atoms with van der Waals surface area (Å²) in [5.74, 6) is 0.853. The van der Waals surface area contributed by atoms with Gasteiger partial charge in [0.05, 0.1) is 26.4 Å². The number of hydrogen-bond donors (Lipinski definition) is 2. The highest BCUT2D eigenvalue weighted by molar-refractivity contribution is 6.68. The van der Waals surface area contributed by atoms with Crippen molar-refractivity contribution in [3.05, 3.63) is 47.5 Å². The van der Waals surface area contributed by atoms with Crippen molar-refractivity contribution in [1.82, 2.24) is 10.6 Å². The summed E-state index contributed by atoms with van der Waals surface area (Å²) in [6, 6.07) is 8.07. The van der Waals surface area contributed by atoms with Crippen molar-refractivity contribution in [2.75, 3.05) is 52.9 Å². The van der Waals surface area contributed by atoms with Crippen LogP contribution in [0.15, 0.2) is 36.4 Å². The first-order valence-electron chi connectivity index (χ1n) is 13.4. The Morgan fingerprint density at radius 2 is 0.886 bits per heavy atom. The summed E-state index contributed by atoms with van der Waals surface area (Å²) in [6.07, 6.45) is 0. The van der Waals surface area contributed by atoms with E-state index >= 15 is 0 Å². The minimum absolute atomic E-state index is 0.166. The third kappa shape index (κ3) is 11.9. The Bertz CT molecular complexity index is 1160. The highest BCUT2D eigenvalue weighted by Crippen LogP contribution is 2.43. The van der Waals surface area contributed by atoms with Crippen molar-refractivity contribution in [1.29, 1.82) is 0 Å². The predicted molar refractivity (Wildman–Crippen MR) is 170 cm³/mol. The van der Waals surface area contributed by atoms with E-state index in [-0.39, 0.29) is 64.7 Å². The van der Waals surface area contributed by atoms with Gasteiger partial charge in [0.15, 0.2) is 23.0 Å². The van der Waals surface area contributed by atoms with Crippen LogP contribution in [0.2, 0.25) is 0 Å². The van der Waals surface area contributed by atoms with Gasteiger partial charge < -0.3 is 39.1 Å². The van der Waals surface area contributed by atoms with E-state index in [9.17, 15) is 9.59 Å². The van der Waals surface area contributed by atoms with E-state index in [0.29, 0.717) is 34.1 Å². The number of carbonyl (C=O) groups excluding carboxylic acids is 2. The first-order valence-corrected chi connectivity index (χ1v) is 15.6. The number of fused-ring (bicyclic) bond motifs is 2. The van der Waals surface area contributed by atoms with Crippen molar-refractivity contribution in [2.45, 2.75) is 33.5 Å². The maximum Gasteiger partial charge on any atom is 0.217 e. The fourth-order valence-corrected chi connectivity index (χ4v) is 5.12. The van der Waals surface area contributed by atoms with Crippen LogP contribution in [0.4, 0.5) is 0 Å². The quantitative estimate of drug-likeness (QED) is 0.366. The fourth-order valence-electron chi connectivity index (χ4n) is 4.03. The topological polar surface area (TPSA) is 114 Å². The average molecular weight is 737 g/mol. The molecule has 0 unspecified atom stereocenters. The lowest BCUT2D eigenvalue weighted by molar-refractivity contribution is -0.120. The zero-order valence-electron chi connectivity index (χ0n) is 23.8. The Balaban J connectivity index is 1.72. The summed E-state index contributed by atoms with van der Waals surface area (Å²) in [5.41, 5.74) is 1.01. The highest BCUT2D eigenvalue weighted by atomic mass is 35.6. The minimum atomic E-state index is -1.81. The molecule has 244 valence electrons. The van der Waals surface area contributed by atoms with Crippen LogP contribution in [-0.2, 0) is 19.1 Å². The van der Waals surface area contributed by atoms with Gasteiger partial charge in [-0.2, -0.15) is 0 Å². The zero-order valence-corrected chi connectivity index (χ0v) is 28.3. The van der Waals surface area contributed by atoms with Gasteiger partial charge in [0, 0.05) is 13.8 Å². The molecule has 2 aromatic rings. The van der Waals surface area contributed by atoms with Crippen LogP contribution in [0.5, 0.6) is 23.0 Å². The van der Waals surface area contributed by atoms with Crippen molar-refractivity contribution in [2.24, 2.45) is 0 Å². The Labute approximate surface area is 285 Å². The standard InChI is InChI=1S/C28H32Cl6N2O8/c1-17(37)35-25(27(29,30)31)19-3-5-21-23(15-19)43-13-9-39-8-12-42-22-6-4-20(26(28(32,33)34)36-18(2)38)16-24(22)44-14-10-40-7-11-41-21/h3-6,15-16,25-26H,7-14H2,1-2H3,(H,35,37)(H,36,38)/t25-,26-/m1/s1. The molecule has 2 aromatic carbocycles. The van der Waals surface area contributed by atoms with Crippen LogP contribution < -0.4 is 29.6 Å². The largest absolute Gasteiger partial charge is 0.487 e. The van der Waals surface area contributed by atoms with E-state index in [1.807, 2.05) is 0 Å². The normalized spacial score (nSPS) is 16.9. The van der Waals surface area contributed by atoms with Crippen molar-refractivity contribution < 1.29 is 38.0 Å². The van der Waals surface area contributed by atoms with Gasteiger partial charge in [-0.3, -0.25) is 9.59 Å². The van der Waals surface area contributed by atoms with E-state index < -0.39 is 19.7 Å². The maximum absolute atomic E-state index is 11.7. The third-order valence-electron chi connectivity index (χ3n) is 5.89. The van der Waals surface area contributed by atoms with Gasteiger partial charge in [0.1, 0.15) is 38.5 Å². The highest BCUT2D eigenvalue weighted by Gasteiger charge is 2.36. The Morgan fingerprint density at radius 3 is 1.18 bits per heavy atom. The first kappa shape index (κ1) is 36.7. The first-order chi connectivity index (χ1) is 20.8. The molecule has 0 aliphatic carbocycles. The molecule has 0 saturated carbocycles. The molecule has 44 heavy (non-hydrogen) atoms. The van der Waals surface area contributed by atoms with E-state index in [0.717, 1.165) is 0 Å². The summed E-state index contributed by atoms with van der Waals surface area (Å²) in [5, 5.41) is 5.29. The summed E-state index contributed by atoms with van der Waals surface area (Å²) >= 11 is 36.8. The van der Waals surface area contributed by atoms with Crippen LogP contribution in [0.3, 0.4) is 0 Å². The molecular weight excluding hydrogens is 705 g/mol. The van der Waals surface area contributed by atoms with Crippen LogP contribution >= 0.6 is 69.6 Å². The molecule has 2 amide bonds. The molecule has 1 aliphatic heterocycles. The molecule has 2 atom stereocenters. The molecule has 3 rings (SSSR count). The van der Waals surface area contributed by atoms with Gasteiger partial charge in [-0.25, -0.2) is 0 Å². The number of alkyl halides is 6. The Kier molecular flexibility index (Phi) is 14.4. The molecule has 0 bridgehead atoms. The summed E-state index contributed by atoms with van der Waals surface area (Å²) in [7, 11) is 0. The second-order valence-corrected chi connectivity index (χ2v) is 14.1. The van der Waals surface area contributed by atoms with E-state index in [1.54, 1.807) is 36.4 Å². The predicted octanol–water partition coefficient (Wildman–Crippen LogP) is 6.04. The molecule has 0 saturated heterocycles. The van der Waals surface area contributed by atoms with E-state index in [4.69, 9.17) is 98.0 Å². The van der Waals surface area contributed by atoms with Crippen LogP contribution in [0, 0.1) is 0 Å². The van der Waals surface area contributed by atoms with Gasteiger partial charge in [-0.05, 0) is 35.4 Å². The number of rotatable bonds is 4. The number of amides is 2. The van der Waals surface area contributed by atoms with Gasteiger partial charge in [0.25, 0.3) is 0 Å². The van der Waals surface area contributed by atoms with Crippen LogP contribution in [0.1, 0.15) is 37.1 Å². The molecule has 0 spiro atoms. The monoisotopic (exact) mass is 734 g/mol. The number of benzene rings is 2. The number of ether oxygens (including phenoxy) is 6. The lowest BCUT2D eigenvalue weighted by Gasteiger charge is -2.26. The summed E-state index contributed by atoms with van der Waals surface area (Å²) in [6.45, 7) is 4.28. The Hall–Kier alpha value is -1.76. The van der Waals surface area contributed by atoms with Crippen molar-refractivity contribution >= 4 is 81.4 Å². The smallest absolute Gasteiger partial charge is 0.217 e. The van der Waals surface area contributed by atoms with Crippen molar-refractivity contribution in [3.8, 4) is 23.0 Å². The number of hydrogen-bond acceptors (Lipinski definition) is 8. The summed E-state index contributed by atoms with van der Waals surface area (Å²) in [4.78, 5) is 23.5. The SMILES string of the molecule is CC(=O)N[C@H](c1ccc2c(c1)OCCOCCOc1ccc([C@@H](NC(C)=O)C(Cl)(Cl)Cl)cc1OCCOCCO2)C(Cl)(Cl)Cl. The van der Waals surface area contributed by atoms with Gasteiger partial charge in [-0.15, -0.1) is 0 Å². The van der Waals surface area contributed by atoms with E-state index in [2.05, 4.69) is 10.6 Å². The molecule has 1 aliphatic rings. The molecule has 0 aromatic heterocycles. The average Bonchev–Trinajstić information content (AvgIpc) is 2.93. The van der Waals surface area contributed by atoms with Crippen LogP contribution in [-0.4, -0.2) is 72.3 Å². The van der Waals surface area contributed by atoms with Gasteiger partial charge in [0.2, 0.25) is 19.4 Å². The number of carbonyl (C=O) groups is 2. The molecule has 0 fully saturated rings. The lowest BCUT2D eigenvalue weighted by Crippen LogP contribution is -2.35. The van der Waals surface area contributed by atoms with E-state index in [1.165, 1.54) is 13.8 Å². The van der Waals surface area contributed by atoms with Crippen LogP contribution in [0.25, 0.3) is 0 Å². The second-order valence-electron chi connectivity index (χ2n) is 9.38. The fraction of sp³-hybridized carbons (Fsp3) is 0.500. The lowest BCUT2D eigenvalue weighted by atomic mass is 10.1. The molecule has 10 nitrogen and oxygen atoms in total. The second kappa shape index (κ2) is 17.2. The number of halogens is 6. The van der Waals surface area contributed by atoms with Gasteiger partial charge >= 0.3 is 0 Å². The molecule has 1 heterocycles. The molecular formula is C28H32Cl6N2O8. The molecule has 2 N–H and O–H groups in total. The number of nitrogens with one attached hydrogen (secondary N) is 2.